The van der Waals surface area contributed by atoms with Crippen LogP contribution in [0.4, 0.5) is 5.95 Å². The molecule has 0 atom stereocenters. The number of anilines is 1. The van der Waals surface area contributed by atoms with Crippen LogP contribution in [-0.2, 0) is 4.74 Å². The zero-order chi connectivity index (χ0) is 11.9. The molecule has 0 spiro atoms. The highest BCUT2D eigenvalue weighted by Crippen LogP contribution is 2.00. The van der Waals surface area contributed by atoms with Crippen LogP contribution < -0.4 is 5.32 Å². The van der Waals surface area contributed by atoms with Crippen molar-refractivity contribution in [3.8, 4) is 0 Å². The van der Waals surface area contributed by atoms with Gasteiger partial charge in [0.2, 0.25) is 5.95 Å². The molecule has 0 aromatic carbocycles. The van der Waals surface area contributed by atoms with Crippen molar-refractivity contribution in [3.05, 3.63) is 18.0 Å². The van der Waals surface area contributed by atoms with E-state index in [4.69, 9.17) is 4.74 Å². The molecule has 0 unspecified atom stereocenters. The summed E-state index contributed by atoms with van der Waals surface area (Å²) in [7, 11) is 0. The Balaban J connectivity index is 1.60. The summed E-state index contributed by atoms with van der Waals surface area (Å²) < 4.78 is 5.31. The summed E-state index contributed by atoms with van der Waals surface area (Å²) in [6.45, 7) is 7.87. The van der Waals surface area contributed by atoms with Gasteiger partial charge in [-0.05, 0) is 25.5 Å². The number of aromatic nitrogens is 2. The first-order valence-electron chi connectivity index (χ1n) is 6.17. The van der Waals surface area contributed by atoms with Crippen molar-refractivity contribution in [2.24, 2.45) is 0 Å². The second kappa shape index (κ2) is 6.51. The fraction of sp³-hybridized carbons (Fsp3) is 0.667. The minimum absolute atomic E-state index is 0.720. The summed E-state index contributed by atoms with van der Waals surface area (Å²) in [6, 6.07) is 0. The number of hydrogen-bond acceptors (Lipinski definition) is 5. The molecule has 2 heterocycles. The van der Waals surface area contributed by atoms with E-state index in [-0.39, 0.29) is 0 Å². The average molecular weight is 236 g/mol. The van der Waals surface area contributed by atoms with E-state index in [2.05, 4.69) is 20.2 Å². The largest absolute Gasteiger partial charge is 0.379 e. The lowest BCUT2D eigenvalue weighted by Crippen LogP contribution is -2.37. The van der Waals surface area contributed by atoms with Gasteiger partial charge in [0.15, 0.2) is 0 Å². The Kier molecular flexibility index (Phi) is 4.70. The van der Waals surface area contributed by atoms with Crippen LogP contribution in [-0.4, -0.2) is 54.3 Å². The summed E-state index contributed by atoms with van der Waals surface area (Å²) in [5.41, 5.74) is 1.09. The summed E-state index contributed by atoms with van der Waals surface area (Å²) in [6.07, 6.45) is 4.77. The molecule has 17 heavy (non-hydrogen) atoms. The molecule has 0 radical (unpaired) electrons. The van der Waals surface area contributed by atoms with Crippen LogP contribution in [0.3, 0.4) is 0 Å². The topological polar surface area (TPSA) is 50.3 Å². The van der Waals surface area contributed by atoms with Crippen molar-refractivity contribution in [1.82, 2.24) is 14.9 Å². The molecule has 2 rings (SSSR count). The third-order valence-corrected chi connectivity index (χ3v) is 2.82. The maximum Gasteiger partial charge on any atom is 0.222 e. The van der Waals surface area contributed by atoms with E-state index >= 15 is 0 Å². The predicted molar refractivity (Wildman–Crippen MR) is 67.1 cm³/mol. The van der Waals surface area contributed by atoms with Crippen LogP contribution in [0, 0.1) is 6.92 Å². The van der Waals surface area contributed by atoms with Gasteiger partial charge in [0, 0.05) is 32.0 Å². The van der Waals surface area contributed by atoms with E-state index in [0.717, 1.165) is 57.3 Å². The van der Waals surface area contributed by atoms with Gasteiger partial charge in [-0.15, -0.1) is 0 Å². The second-order valence-electron chi connectivity index (χ2n) is 4.32. The SMILES string of the molecule is Cc1cnc(NCCCN2CCOCC2)nc1. The smallest absolute Gasteiger partial charge is 0.222 e. The second-order valence-corrected chi connectivity index (χ2v) is 4.32. The number of morpholine rings is 1. The van der Waals surface area contributed by atoms with Gasteiger partial charge in [-0.1, -0.05) is 0 Å². The van der Waals surface area contributed by atoms with E-state index in [1.807, 2.05) is 19.3 Å². The molecule has 1 aromatic heterocycles. The van der Waals surface area contributed by atoms with Gasteiger partial charge in [-0.25, -0.2) is 9.97 Å². The Morgan fingerprint density at radius 1 is 1.29 bits per heavy atom. The normalized spacial score (nSPS) is 17.0. The van der Waals surface area contributed by atoms with Gasteiger partial charge in [-0.3, -0.25) is 4.90 Å². The summed E-state index contributed by atoms with van der Waals surface area (Å²) in [5.74, 6) is 0.720. The van der Waals surface area contributed by atoms with Crippen LogP contribution in [0.15, 0.2) is 12.4 Å². The third-order valence-electron chi connectivity index (χ3n) is 2.82. The van der Waals surface area contributed by atoms with Crippen molar-refractivity contribution in [2.75, 3.05) is 44.7 Å². The van der Waals surface area contributed by atoms with Gasteiger partial charge in [0.05, 0.1) is 13.2 Å². The fourth-order valence-electron chi connectivity index (χ4n) is 1.81. The quantitative estimate of drug-likeness (QED) is 0.770. The van der Waals surface area contributed by atoms with E-state index in [1.165, 1.54) is 0 Å². The number of nitrogens with one attached hydrogen (secondary N) is 1. The van der Waals surface area contributed by atoms with E-state index in [9.17, 15) is 0 Å². The highest BCUT2D eigenvalue weighted by atomic mass is 16.5. The van der Waals surface area contributed by atoms with E-state index in [1.54, 1.807) is 0 Å². The predicted octanol–water partition coefficient (Wildman–Crippen LogP) is 0.919. The van der Waals surface area contributed by atoms with Gasteiger partial charge in [0.1, 0.15) is 0 Å². The minimum Gasteiger partial charge on any atom is -0.379 e. The molecule has 1 N–H and O–H groups in total. The highest BCUT2D eigenvalue weighted by Gasteiger charge is 2.08. The maximum atomic E-state index is 5.31. The molecule has 0 bridgehead atoms. The first kappa shape index (κ1) is 12.3. The molecule has 0 aliphatic carbocycles. The number of aryl methyl sites for hydroxylation is 1. The zero-order valence-electron chi connectivity index (χ0n) is 10.4. The Morgan fingerprint density at radius 3 is 2.71 bits per heavy atom. The first-order valence-corrected chi connectivity index (χ1v) is 6.17. The molecular formula is C12H20N4O. The number of hydrogen-bond donors (Lipinski definition) is 1. The van der Waals surface area contributed by atoms with Crippen LogP contribution in [0.2, 0.25) is 0 Å². The van der Waals surface area contributed by atoms with Gasteiger partial charge < -0.3 is 10.1 Å². The van der Waals surface area contributed by atoms with Crippen molar-refractivity contribution in [3.63, 3.8) is 0 Å². The number of ether oxygens (including phenoxy) is 1. The standard InChI is InChI=1S/C12H20N4O/c1-11-9-14-12(15-10-11)13-3-2-4-16-5-7-17-8-6-16/h9-10H,2-8H2,1H3,(H,13,14,15). The molecule has 0 saturated carbocycles. The Morgan fingerprint density at radius 2 is 2.00 bits per heavy atom. The van der Waals surface area contributed by atoms with Crippen LogP contribution in [0.1, 0.15) is 12.0 Å². The lowest BCUT2D eigenvalue weighted by Gasteiger charge is -2.26. The summed E-state index contributed by atoms with van der Waals surface area (Å²) in [4.78, 5) is 10.8. The third kappa shape index (κ3) is 4.28. The minimum atomic E-state index is 0.720. The van der Waals surface area contributed by atoms with E-state index < -0.39 is 0 Å². The molecule has 0 amide bonds. The van der Waals surface area contributed by atoms with Gasteiger partial charge >= 0.3 is 0 Å². The molecule has 1 fully saturated rings. The summed E-state index contributed by atoms with van der Waals surface area (Å²) in [5, 5.41) is 3.23. The molecule has 1 aliphatic rings. The van der Waals surface area contributed by atoms with Crippen molar-refractivity contribution in [2.45, 2.75) is 13.3 Å². The fourth-order valence-corrected chi connectivity index (χ4v) is 1.81. The van der Waals surface area contributed by atoms with Gasteiger partial charge in [0.25, 0.3) is 0 Å². The summed E-state index contributed by atoms with van der Waals surface area (Å²) >= 11 is 0. The van der Waals surface area contributed by atoms with Crippen LogP contribution >= 0.6 is 0 Å². The lowest BCUT2D eigenvalue weighted by molar-refractivity contribution is 0.0378. The van der Waals surface area contributed by atoms with Crippen molar-refractivity contribution in [1.29, 1.82) is 0 Å². The van der Waals surface area contributed by atoms with Crippen molar-refractivity contribution >= 4 is 5.95 Å². The monoisotopic (exact) mass is 236 g/mol. The van der Waals surface area contributed by atoms with Crippen molar-refractivity contribution < 1.29 is 4.74 Å². The molecule has 1 aromatic rings. The molecule has 1 saturated heterocycles. The Hall–Kier alpha value is -1.20. The van der Waals surface area contributed by atoms with Gasteiger partial charge in [-0.2, -0.15) is 0 Å². The molecule has 5 heteroatoms. The Labute approximate surface area is 102 Å². The number of rotatable bonds is 5. The molecule has 1 aliphatic heterocycles. The molecule has 94 valence electrons. The Bertz CT molecular complexity index is 322. The highest BCUT2D eigenvalue weighted by molar-refractivity contribution is 5.23. The van der Waals surface area contributed by atoms with E-state index in [0.29, 0.717) is 0 Å². The average Bonchev–Trinajstić information content (AvgIpc) is 2.38. The van der Waals surface area contributed by atoms with Crippen LogP contribution in [0.25, 0.3) is 0 Å². The lowest BCUT2D eigenvalue weighted by atomic mass is 10.3. The maximum absolute atomic E-state index is 5.31. The first-order chi connectivity index (χ1) is 8.34. The zero-order valence-corrected chi connectivity index (χ0v) is 10.4. The van der Waals surface area contributed by atoms with Crippen LogP contribution in [0.5, 0.6) is 0 Å². The number of nitrogens with zero attached hydrogens (tertiary/aromatic N) is 3. The molecular weight excluding hydrogens is 216 g/mol. The molecule has 5 nitrogen and oxygen atoms in total.